The lowest BCUT2D eigenvalue weighted by Crippen LogP contribution is -2.05. The van der Waals surface area contributed by atoms with Crippen LogP contribution in [0.5, 0.6) is 0 Å². The number of hydrogen-bond donors (Lipinski definition) is 0. The summed E-state index contributed by atoms with van der Waals surface area (Å²) in [5.41, 5.74) is 4.00. The van der Waals surface area contributed by atoms with Crippen LogP contribution in [0.2, 0.25) is 5.02 Å². The third-order valence-electron chi connectivity index (χ3n) is 2.96. The maximum absolute atomic E-state index is 12.2. The molecule has 0 heterocycles. The Morgan fingerprint density at radius 3 is 2.33 bits per heavy atom. The van der Waals surface area contributed by atoms with Gasteiger partial charge in [0, 0.05) is 17.0 Å². The lowest BCUT2D eigenvalue weighted by atomic mass is 9.98. The Kier molecular flexibility index (Phi) is 3.83. The molecule has 2 rings (SSSR count). The van der Waals surface area contributed by atoms with E-state index in [1.165, 1.54) is 5.56 Å². The number of benzene rings is 2. The largest absolute Gasteiger partial charge is 0.294 e. The van der Waals surface area contributed by atoms with E-state index in [0.717, 1.165) is 16.7 Å². The highest BCUT2D eigenvalue weighted by molar-refractivity contribution is 6.30. The van der Waals surface area contributed by atoms with E-state index in [1.807, 2.05) is 56.3 Å². The molecule has 0 saturated carbocycles. The molecule has 0 N–H and O–H groups in total. The summed E-state index contributed by atoms with van der Waals surface area (Å²) in [4.78, 5) is 12.2. The Bertz CT molecular complexity index is 570. The second-order valence-electron chi connectivity index (χ2n) is 4.54. The highest BCUT2D eigenvalue weighted by Gasteiger charge is 2.09. The number of hydrogen-bond acceptors (Lipinski definition) is 1. The van der Waals surface area contributed by atoms with Crippen molar-refractivity contribution in [1.82, 2.24) is 0 Å². The summed E-state index contributed by atoms with van der Waals surface area (Å²) in [6, 6.07) is 13.3. The Morgan fingerprint density at radius 1 is 1.06 bits per heavy atom. The first-order valence-corrected chi connectivity index (χ1v) is 6.29. The van der Waals surface area contributed by atoms with E-state index in [2.05, 4.69) is 0 Å². The van der Waals surface area contributed by atoms with Crippen LogP contribution in [0.15, 0.2) is 42.5 Å². The molecule has 0 spiro atoms. The Balaban J connectivity index is 2.19. The molecule has 0 fully saturated rings. The van der Waals surface area contributed by atoms with E-state index in [-0.39, 0.29) is 5.78 Å². The van der Waals surface area contributed by atoms with Crippen molar-refractivity contribution in [2.75, 3.05) is 0 Å². The molecule has 2 aromatic carbocycles. The normalized spacial score (nSPS) is 10.4. The molecule has 2 aromatic rings. The van der Waals surface area contributed by atoms with Gasteiger partial charge in [-0.1, -0.05) is 47.5 Å². The fourth-order valence-corrected chi connectivity index (χ4v) is 2.14. The van der Waals surface area contributed by atoms with Gasteiger partial charge in [0.05, 0.1) is 0 Å². The molecule has 0 bridgehead atoms. The molecule has 92 valence electrons. The van der Waals surface area contributed by atoms with Crippen molar-refractivity contribution in [2.45, 2.75) is 20.3 Å². The fourth-order valence-electron chi connectivity index (χ4n) is 2.01. The predicted octanol–water partition coefficient (Wildman–Crippen LogP) is 4.38. The maximum atomic E-state index is 12.2. The third-order valence-corrected chi connectivity index (χ3v) is 3.21. The van der Waals surface area contributed by atoms with Gasteiger partial charge in [0.25, 0.3) is 0 Å². The van der Waals surface area contributed by atoms with Gasteiger partial charge in [-0.15, -0.1) is 0 Å². The number of Topliss-reactive ketones (excluding diaryl/α,β-unsaturated/α-hetero) is 1. The molecule has 0 radical (unpaired) electrons. The minimum absolute atomic E-state index is 0.148. The summed E-state index contributed by atoms with van der Waals surface area (Å²) >= 11 is 5.82. The SMILES string of the molecule is Cc1ccc(C(=O)Cc2ccc(Cl)cc2)c(C)c1. The quantitative estimate of drug-likeness (QED) is 0.747. The van der Waals surface area contributed by atoms with Crippen LogP contribution in [-0.2, 0) is 6.42 Å². The Labute approximate surface area is 112 Å². The van der Waals surface area contributed by atoms with Crippen LogP contribution in [0.1, 0.15) is 27.0 Å². The molecule has 0 unspecified atom stereocenters. The first kappa shape index (κ1) is 12.8. The highest BCUT2D eigenvalue weighted by Crippen LogP contribution is 2.15. The molecular formula is C16H15ClO. The Hall–Kier alpha value is -1.60. The molecule has 0 amide bonds. The average molecular weight is 259 g/mol. The molecule has 0 aliphatic rings. The molecule has 0 aliphatic carbocycles. The van der Waals surface area contributed by atoms with Crippen molar-refractivity contribution < 1.29 is 4.79 Å². The number of carbonyl (C=O) groups excluding carboxylic acids is 1. The van der Waals surface area contributed by atoms with Gasteiger partial charge in [0.1, 0.15) is 0 Å². The van der Waals surface area contributed by atoms with Crippen molar-refractivity contribution >= 4 is 17.4 Å². The zero-order chi connectivity index (χ0) is 13.1. The number of carbonyl (C=O) groups is 1. The molecule has 2 heteroatoms. The topological polar surface area (TPSA) is 17.1 Å². The van der Waals surface area contributed by atoms with Gasteiger partial charge in [-0.05, 0) is 37.1 Å². The monoisotopic (exact) mass is 258 g/mol. The maximum Gasteiger partial charge on any atom is 0.167 e. The van der Waals surface area contributed by atoms with Gasteiger partial charge < -0.3 is 0 Å². The van der Waals surface area contributed by atoms with Crippen molar-refractivity contribution in [1.29, 1.82) is 0 Å². The van der Waals surface area contributed by atoms with E-state index in [0.29, 0.717) is 11.4 Å². The molecule has 18 heavy (non-hydrogen) atoms. The predicted molar refractivity (Wildman–Crippen MR) is 75.4 cm³/mol. The fraction of sp³-hybridized carbons (Fsp3) is 0.188. The average Bonchev–Trinajstić information content (AvgIpc) is 2.32. The third kappa shape index (κ3) is 2.99. The van der Waals surface area contributed by atoms with Crippen LogP contribution >= 0.6 is 11.6 Å². The van der Waals surface area contributed by atoms with Crippen LogP contribution in [0.3, 0.4) is 0 Å². The van der Waals surface area contributed by atoms with Crippen molar-refractivity contribution in [2.24, 2.45) is 0 Å². The smallest absolute Gasteiger partial charge is 0.167 e. The summed E-state index contributed by atoms with van der Waals surface area (Å²) in [5, 5.41) is 0.692. The van der Waals surface area contributed by atoms with Gasteiger partial charge >= 0.3 is 0 Å². The van der Waals surface area contributed by atoms with E-state index >= 15 is 0 Å². The summed E-state index contributed by atoms with van der Waals surface area (Å²) < 4.78 is 0. The molecule has 0 atom stereocenters. The van der Waals surface area contributed by atoms with Crippen molar-refractivity contribution in [3.63, 3.8) is 0 Å². The zero-order valence-corrected chi connectivity index (χ0v) is 11.3. The number of aryl methyl sites for hydroxylation is 2. The number of rotatable bonds is 3. The van der Waals surface area contributed by atoms with E-state index in [1.54, 1.807) is 0 Å². The molecule has 0 aliphatic heterocycles. The van der Waals surface area contributed by atoms with Gasteiger partial charge in [-0.3, -0.25) is 4.79 Å². The number of halogens is 1. The van der Waals surface area contributed by atoms with E-state index < -0.39 is 0 Å². The standard InChI is InChI=1S/C16H15ClO/c1-11-3-8-15(12(2)9-11)16(18)10-13-4-6-14(17)7-5-13/h3-9H,10H2,1-2H3. The first-order chi connectivity index (χ1) is 8.56. The second kappa shape index (κ2) is 5.36. The Morgan fingerprint density at radius 2 is 1.72 bits per heavy atom. The summed E-state index contributed by atoms with van der Waals surface area (Å²) in [5.74, 6) is 0.148. The number of ketones is 1. The van der Waals surface area contributed by atoms with Gasteiger partial charge in [0.2, 0.25) is 0 Å². The molecule has 0 aromatic heterocycles. The zero-order valence-electron chi connectivity index (χ0n) is 10.5. The highest BCUT2D eigenvalue weighted by atomic mass is 35.5. The van der Waals surface area contributed by atoms with Crippen molar-refractivity contribution in [3.8, 4) is 0 Å². The lowest BCUT2D eigenvalue weighted by molar-refractivity contribution is 0.0992. The molecule has 1 nitrogen and oxygen atoms in total. The van der Waals surface area contributed by atoms with Crippen LogP contribution in [0.25, 0.3) is 0 Å². The van der Waals surface area contributed by atoms with Gasteiger partial charge in [-0.25, -0.2) is 0 Å². The van der Waals surface area contributed by atoms with Crippen LogP contribution < -0.4 is 0 Å². The first-order valence-electron chi connectivity index (χ1n) is 5.91. The second-order valence-corrected chi connectivity index (χ2v) is 4.98. The van der Waals surface area contributed by atoms with Gasteiger partial charge in [-0.2, -0.15) is 0 Å². The van der Waals surface area contributed by atoms with Gasteiger partial charge in [0.15, 0.2) is 5.78 Å². The van der Waals surface area contributed by atoms with E-state index in [9.17, 15) is 4.79 Å². The minimum Gasteiger partial charge on any atom is -0.294 e. The minimum atomic E-state index is 0.148. The summed E-state index contributed by atoms with van der Waals surface area (Å²) in [6.45, 7) is 4.00. The van der Waals surface area contributed by atoms with Crippen LogP contribution in [-0.4, -0.2) is 5.78 Å². The molecular weight excluding hydrogens is 244 g/mol. The summed E-state index contributed by atoms with van der Waals surface area (Å²) in [6.07, 6.45) is 0.418. The van der Waals surface area contributed by atoms with E-state index in [4.69, 9.17) is 11.6 Å². The van der Waals surface area contributed by atoms with Crippen molar-refractivity contribution in [3.05, 3.63) is 69.7 Å². The lowest BCUT2D eigenvalue weighted by Gasteiger charge is -2.06. The van der Waals surface area contributed by atoms with Crippen LogP contribution in [0.4, 0.5) is 0 Å². The van der Waals surface area contributed by atoms with Crippen LogP contribution in [0, 0.1) is 13.8 Å². The summed E-state index contributed by atoms with van der Waals surface area (Å²) in [7, 11) is 0. The molecule has 0 saturated heterocycles.